The van der Waals surface area contributed by atoms with Crippen molar-refractivity contribution in [2.75, 3.05) is 0 Å². The molecule has 5 heteroatoms. The van der Waals surface area contributed by atoms with E-state index in [2.05, 4.69) is 5.16 Å². The number of nitro benzene ring substituents is 1. The first-order chi connectivity index (χ1) is 7.45. The van der Waals surface area contributed by atoms with Gasteiger partial charge in [0.2, 0.25) is 0 Å². The van der Waals surface area contributed by atoms with Gasteiger partial charge >= 0.3 is 0 Å². The van der Waals surface area contributed by atoms with E-state index in [0.717, 1.165) is 12.0 Å². The van der Waals surface area contributed by atoms with Crippen LogP contribution in [0.2, 0.25) is 0 Å². The van der Waals surface area contributed by atoms with Crippen molar-refractivity contribution in [3.63, 3.8) is 0 Å². The third kappa shape index (κ3) is 1.44. The number of nitrogens with zero attached hydrogens (tertiary/aromatic N) is 2. The van der Waals surface area contributed by atoms with E-state index in [1.807, 2.05) is 13.8 Å². The highest BCUT2D eigenvalue weighted by Gasteiger charge is 2.36. The number of oxime groups is 1. The number of hydrogen-bond donors (Lipinski definition) is 1. The Bertz CT molecular complexity index is 492. The zero-order chi connectivity index (χ0) is 11.9. The van der Waals surface area contributed by atoms with Gasteiger partial charge in [0.05, 0.1) is 10.6 Å². The van der Waals surface area contributed by atoms with Gasteiger partial charge in [-0.1, -0.05) is 25.1 Å². The molecule has 0 heterocycles. The van der Waals surface area contributed by atoms with E-state index < -0.39 is 4.92 Å². The Morgan fingerprint density at radius 1 is 1.50 bits per heavy atom. The first kappa shape index (κ1) is 10.6. The Morgan fingerprint density at radius 3 is 2.75 bits per heavy atom. The normalized spacial score (nSPS) is 19.8. The summed E-state index contributed by atoms with van der Waals surface area (Å²) in [4.78, 5) is 10.2. The van der Waals surface area contributed by atoms with Gasteiger partial charge < -0.3 is 5.21 Å². The van der Waals surface area contributed by atoms with Gasteiger partial charge in [0, 0.05) is 23.1 Å². The summed E-state index contributed by atoms with van der Waals surface area (Å²) in [6, 6.07) is 4.68. The molecule has 0 saturated heterocycles. The molecule has 1 aliphatic rings. The average Bonchev–Trinajstić information content (AvgIpc) is 2.45. The van der Waals surface area contributed by atoms with Crippen LogP contribution in [0.4, 0.5) is 5.69 Å². The maximum Gasteiger partial charge on any atom is 0.270 e. The van der Waals surface area contributed by atoms with E-state index >= 15 is 0 Å². The maximum atomic E-state index is 10.7. The summed E-state index contributed by atoms with van der Waals surface area (Å²) >= 11 is 0. The van der Waals surface area contributed by atoms with Crippen molar-refractivity contribution in [2.24, 2.45) is 10.6 Å². The van der Waals surface area contributed by atoms with Crippen molar-refractivity contribution < 1.29 is 10.1 Å². The summed E-state index contributed by atoms with van der Waals surface area (Å²) < 4.78 is 0. The van der Waals surface area contributed by atoms with Gasteiger partial charge in [0.25, 0.3) is 5.69 Å². The predicted molar refractivity (Wildman–Crippen MR) is 58.9 cm³/mol. The van der Waals surface area contributed by atoms with Gasteiger partial charge in [-0.3, -0.25) is 10.1 Å². The number of nitro groups is 1. The lowest BCUT2D eigenvalue weighted by Gasteiger charge is -2.16. The van der Waals surface area contributed by atoms with Crippen molar-refractivity contribution >= 4 is 11.4 Å². The summed E-state index contributed by atoms with van der Waals surface area (Å²) in [6.07, 6.45) is 0.736. The molecule has 1 aromatic carbocycles. The molecule has 0 fully saturated rings. The molecule has 1 aromatic rings. The lowest BCUT2D eigenvalue weighted by molar-refractivity contribution is -0.384. The second-order valence-electron chi connectivity index (χ2n) is 4.61. The summed E-state index contributed by atoms with van der Waals surface area (Å²) in [5, 5.41) is 22.9. The monoisotopic (exact) mass is 220 g/mol. The van der Waals surface area contributed by atoms with Crippen molar-refractivity contribution in [2.45, 2.75) is 20.3 Å². The molecule has 0 unspecified atom stereocenters. The highest BCUT2D eigenvalue weighted by atomic mass is 16.6. The molecule has 0 bridgehead atoms. The highest BCUT2D eigenvalue weighted by molar-refractivity contribution is 6.08. The second-order valence-corrected chi connectivity index (χ2v) is 4.61. The molecule has 5 nitrogen and oxygen atoms in total. The van der Waals surface area contributed by atoms with Crippen LogP contribution in [-0.2, 0) is 6.42 Å². The Morgan fingerprint density at radius 2 is 2.19 bits per heavy atom. The van der Waals surface area contributed by atoms with Crippen molar-refractivity contribution in [1.82, 2.24) is 0 Å². The van der Waals surface area contributed by atoms with Gasteiger partial charge in [-0.05, 0) is 12.0 Å². The SMILES string of the molecule is CC1(C)Cc2ccc([N+](=O)[O-])cc2/C1=N/O. The number of rotatable bonds is 1. The molecule has 0 saturated carbocycles. The summed E-state index contributed by atoms with van der Waals surface area (Å²) in [5.41, 5.74) is 1.95. The standard InChI is InChI=1S/C11H12N2O3/c1-11(2)6-7-3-4-8(13(15)16)5-9(7)10(11)12-14/h3-5,14H,6H2,1-2H3/b12-10-. The van der Waals surface area contributed by atoms with E-state index in [9.17, 15) is 10.1 Å². The van der Waals surface area contributed by atoms with Crippen LogP contribution in [0.3, 0.4) is 0 Å². The van der Waals surface area contributed by atoms with Crippen LogP contribution in [0.5, 0.6) is 0 Å². The largest absolute Gasteiger partial charge is 0.411 e. The first-order valence-corrected chi connectivity index (χ1v) is 4.96. The van der Waals surface area contributed by atoms with Crippen LogP contribution in [0.1, 0.15) is 25.0 Å². The van der Waals surface area contributed by atoms with Gasteiger partial charge in [-0.25, -0.2) is 0 Å². The third-order valence-corrected chi connectivity index (χ3v) is 2.93. The molecule has 16 heavy (non-hydrogen) atoms. The Kier molecular flexibility index (Phi) is 2.18. The first-order valence-electron chi connectivity index (χ1n) is 4.96. The molecule has 1 N–H and O–H groups in total. The Balaban J connectivity index is 2.58. The van der Waals surface area contributed by atoms with Crippen LogP contribution in [0.15, 0.2) is 23.4 Å². The molecule has 2 rings (SSSR count). The predicted octanol–water partition coefficient (Wildman–Crippen LogP) is 2.36. The number of hydrogen-bond acceptors (Lipinski definition) is 4. The molecular weight excluding hydrogens is 208 g/mol. The number of benzene rings is 1. The van der Waals surface area contributed by atoms with Crippen molar-refractivity contribution in [3.05, 3.63) is 39.4 Å². The topological polar surface area (TPSA) is 75.7 Å². The molecule has 0 aromatic heterocycles. The van der Waals surface area contributed by atoms with Crippen LogP contribution >= 0.6 is 0 Å². The second kappa shape index (κ2) is 3.30. The van der Waals surface area contributed by atoms with Crippen molar-refractivity contribution in [3.8, 4) is 0 Å². The highest BCUT2D eigenvalue weighted by Crippen LogP contribution is 2.38. The minimum atomic E-state index is -0.444. The lowest BCUT2D eigenvalue weighted by Crippen LogP contribution is -2.20. The van der Waals surface area contributed by atoms with Crippen LogP contribution in [0, 0.1) is 15.5 Å². The van der Waals surface area contributed by atoms with Gasteiger partial charge in [-0.15, -0.1) is 0 Å². The zero-order valence-corrected chi connectivity index (χ0v) is 9.10. The summed E-state index contributed by atoms with van der Waals surface area (Å²) in [6.45, 7) is 3.90. The van der Waals surface area contributed by atoms with Crippen molar-refractivity contribution in [1.29, 1.82) is 0 Å². The molecule has 0 amide bonds. The molecule has 0 atom stereocenters. The van der Waals surface area contributed by atoms with Crippen LogP contribution in [-0.4, -0.2) is 15.8 Å². The molecule has 84 valence electrons. The molecule has 1 aliphatic carbocycles. The quantitative estimate of drug-likeness (QED) is 0.448. The fourth-order valence-electron chi connectivity index (χ4n) is 2.17. The Labute approximate surface area is 92.5 Å². The number of non-ortho nitro benzene ring substituents is 1. The maximum absolute atomic E-state index is 10.7. The van der Waals surface area contributed by atoms with E-state index in [1.165, 1.54) is 12.1 Å². The Hall–Kier alpha value is -1.91. The van der Waals surface area contributed by atoms with E-state index in [1.54, 1.807) is 6.07 Å². The van der Waals surface area contributed by atoms with Gasteiger partial charge in [0.15, 0.2) is 0 Å². The van der Waals surface area contributed by atoms with E-state index in [0.29, 0.717) is 11.3 Å². The van der Waals surface area contributed by atoms with Crippen LogP contribution < -0.4 is 0 Å². The minimum Gasteiger partial charge on any atom is -0.411 e. The molecular formula is C11H12N2O3. The number of fused-ring (bicyclic) bond motifs is 1. The molecule has 0 aliphatic heterocycles. The van der Waals surface area contributed by atoms with Gasteiger partial charge in [-0.2, -0.15) is 0 Å². The fourth-order valence-corrected chi connectivity index (χ4v) is 2.17. The van der Waals surface area contributed by atoms with E-state index in [4.69, 9.17) is 5.21 Å². The molecule has 0 radical (unpaired) electrons. The van der Waals surface area contributed by atoms with Crippen LogP contribution in [0.25, 0.3) is 0 Å². The third-order valence-electron chi connectivity index (χ3n) is 2.93. The minimum absolute atomic E-state index is 0.0256. The zero-order valence-electron chi connectivity index (χ0n) is 9.10. The summed E-state index contributed by atoms with van der Waals surface area (Å²) in [5.74, 6) is 0. The lowest BCUT2D eigenvalue weighted by atomic mass is 9.88. The smallest absolute Gasteiger partial charge is 0.270 e. The van der Waals surface area contributed by atoms with Gasteiger partial charge in [0.1, 0.15) is 0 Å². The molecule has 0 spiro atoms. The average molecular weight is 220 g/mol. The van der Waals surface area contributed by atoms with E-state index in [-0.39, 0.29) is 11.1 Å². The summed E-state index contributed by atoms with van der Waals surface area (Å²) in [7, 11) is 0. The fraction of sp³-hybridized carbons (Fsp3) is 0.364.